The first-order chi connectivity index (χ1) is 16.5. The van der Waals surface area contributed by atoms with Gasteiger partial charge >= 0.3 is 5.97 Å². The molecular weight excluding hydrogens is 430 g/mol. The molecule has 0 radical (unpaired) electrons. The Balaban J connectivity index is 1.43. The molecule has 1 heterocycles. The zero-order valence-electron chi connectivity index (χ0n) is 19.0. The summed E-state index contributed by atoms with van der Waals surface area (Å²) in [6, 6.07) is 23.1. The monoisotopic (exact) mass is 457 g/mol. The number of hydrogen-bond donors (Lipinski definition) is 2. The second kappa shape index (κ2) is 10.7. The fraction of sp³-hybridized carbons (Fsp3) is 0.222. The van der Waals surface area contributed by atoms with Crippen molar-refractivity contribution in [1.29, 1.82) is 0 Å². The minimum Gasteiger partial charge on any atom is -0.486 e. The molecule has 1 atom stereocenters. The van der Waals surface area contributed by atoms with E-state index in [9.17, 15) is 9.59 Å². The molecule has 1 amide bonds. The lowest BCUT2D eigenvalue weighted by Gasteiger charge is -2.19. The minimum absolute atomic E-state index is 0.0992. The molecule has 4 rings (SSSR count). The summed E-state index contributed by atoms with van der Waals surface area (Å²) in [4.78, 5) is 22.8. The van der Waals surface area contributed by atoms with E-state index in [1.165, 1.54) is 0 Å². The van der Waals surface area contributed by atoms with Gasteiger partial charge in [-0.3, -0.25) is 9.59 Å². The van der Waals surface area contributed by atoms with Crippen LogP contribution in [-0.2, 0) is 4.79 Å². The molecular formula is C27H27N3O4. The lowest BCUT2D eigenvalue weighted by Crippen LogP contribution is -2.26. The molecule has 3 aromatic carbocycles. The van der Waals surface area contributed by atoms with Gasteiger partial charge in [0.25, 0.3) is 5.91 Å². The molecule has 0 aliphatic carbocycles. The smallest absolute Gasteiger partial charge is 0.305 e. The summed E-state index contributed by atoms with van der Waals surface area (Å²) < 4.78 is 8.15. The van der Waals surface area contributed by atoms with E-state index < -0.39 is 5.97 Å². The average Bonchev–Trinajstić information content (AvgIpc) is 3.28. The molecule has 0 aliphatic heterocycles. The van der Waals surface area contributed by atoms with E-state index in [1.54, 1.807) is 12.1 Å². The van der Waals surface area contributed by atoms with Crippen molar-refractivity contribution in [3.8, 4) is 11.4 Å². The van der Waals surface area contributed by atoms with Crippen molar-refractivity contribution in [2.75, 3.05) is 6.54 Å². The normalized spacial score (nSPS) is 11.8. The second-order valence-corrected chi connectivity index (χ2v) is 8.04. The summed E-state index contributed by atoms with van der Waals surface area (Å²) in [7, 11) is 0. The van der Waals surface area contributed by atoms with E-state index in [0.29, 0.717) is 5.56 Å². The van der Waals surface area contributed by atoms with Gasteiger partial charge < -0.3 is 15.2 Å². The molecule has 0 bridgehead atoms. The highest BCUT2D eigenvalue weighted by Gasteiger charge is 2.14. The average molecular weight is 458 g/mol. The highest BCUT2D eigenvalue weighted by atomic mass is 16.5. The lowest BCUT2D eigenvalue weighted by molar-refractivity contribution is -0.136. The molecule has 0 fully saturated rings. The summed E-state index contributed by atoms with van der Waals surface area (Å²) >= 11 is 0. The second-order valence-electron chi connectivity index (χ2n) is 8.04. The summed E-state index contributed by atoms with van der Waals surface area (Å²) in [6.45, 7) is 2.20. The largest absolute Gasteiger partial charge is 0.486 e. The van der Waals surface area contributed by atoms with Crippen LogP contribution in [0.3, 0.4) is 0 Å². The minimum atomic E-state index is -0.943. The Morgan fingerprint density at radius 2 is 1.76 bits per heavy atom. The van der Waals surface area contributed by atoms with Crippen LogP contribution >= 0.6 is 0 Å². The number of fused-ring (bicyclic) bond motifs is 1. The van der Waals surface area contributed by atoms with Gasteiger partial charge in [0.15, 0.2) is 0 Å². The molecule has 0 unspecified atom stereocenters. The van der Waals surface area contributed by atoms with Gasteiger partial charge in [0.2, 0.25) is 0 Å². The number of benzene rings is 3. The third-order valence-corrected chi connectivity index (χ3v) is 5.51. The van der Waals surface area contributed by atoms with Gasteiger partial charge in [-0.25, -0.2) is 4.68 Å². The van der Waals surface area contributed by atoms with Crippen LogP contribution in [-0.4, -0.2) is 33.3 Å². The maximum Gasteiger partial charge on any atom is 0.305 e. The molecule has 174 valence electrons. The highest BCUT2D eigenvalue weighted by Crippen LogP contribution is 2.27. The Labute approximate surface area is 198 Å². The maximum atomic E-state index is 12.2. The molecule has 2 N–H and O–H groups in total. The summed E-state index contributed by atoms with van der Waals surface area (Å²) in [5.41, 5.74) is 3.37. The van der Waals surface area contributed by atoms with Crippen LogP contribution in [0.5, 0.6) is 5.75 Å². The van der Waals surface area contributed by atoms with Gasteiger partial charge in [-0.15, -0.1) is 0 Å². The predicted molar refractivity (Wildman–Crippen MR) is 130 cm³/mol. The number of ether oxygens (including phenoxy) is 1. The molecule has 7 heteroatoms. The van der Waals surface area contributed by atoms with Gasteiger partial charge in [-0.05, 0) is 54.4 Å². The first-order valence-corrected chi connectivity index (χ1v) is 11.3. The topological polar surface area (TPSA) is 93.5 Å². The zero-order chi connectivity index (χ0) is 23.9. The number of nitrogens with one attached hydrogen (secondary N) is 1. The summed E-state index contributed by atoms with van der Waals surface area (Å²) in [5, 5.41) is 17.0. The number of carbonyl (C=O) groups is 2. The van der Waals surface area contributed by atoms with E-state index in [1.807, 2.05) is 71.5 Å². The number of carboxylic acid groups (broad SMARTS) is 1. The molecule has 34 heavy (non-hydrogen) atoms. The number of nitrogens with zero attached hydrogens (tertiary/aromatic N) is 2. The molecule has 0 saturated heterocycles. The Kier molecular flexibility index (Phi) is 7.22. The quantitative estimate of drug-likeness (QED) is 0.343. The molecule has 4 aromatic rings. The van der Waals surface area contributed by atoms with Crippen LogP contribution in [0.15, 0.2) is 79.0 Å². The van der Waals surface area contributed by atoms with Crippen LogP contribution in [0.25, 0.3) is 16.6 Å². The van der Waals surface area contributed by atoms with Crippen LogP contribution in [0.2, 0.25) is 0 Å². The SMILES string of the molecule is CCC[C@H](Oc1ccc(-n2cc3ccccc3n2)cc1)c1ccc(C(=O)NCCC(=O)O)cc1. The Morgan fingerprint density at radius 3 is 2.44 bits per heavy atom. The first kappa shape index (κ1) is 23.0. The fourth-order valence-corrected chi connectivity index (χ4v) is 3.73. The van der Waals surface area contributed by atoms with E-state index in [2.05, 4.69) is 17.3 Å². The number of carboxylic acids is 1. The van der Waals surface area contributed by atoms with Crippen molar-refractivity contribution in [3.05, 3.63) is 90.1 Å². The molecule has 0 saturated carbocycles. The number of rotatable bonds is 10. The van der Waals surface area contributed by atoms with Crippen molar-refractivity contribution in [2.24, 2.45) is 0 Å². The third-order valence-electron chi connectivity index (χ3n) is 5.51. The van der Waals surface area contributed by atoms with E-state index in [-0.39, 0.29) is 25.0 Å². The Morgan fingerprint density at radius 1 is 1.03 bits per heavy atom. The summed E-state index contributed by atoms with van der Waals surface area (Å²) in [6.07, 6.45) is 3.53. The Bertz CT molecular complexity index is 1230. The van der Waals surface area contributed by atoms with Crippen molar-refractivity contribution in [2.45, 2.75) is 32.3 Å². The number of hydrogen-bond acceptors (Lipinski definition) is 4. The van der Waals surface area contributed by atoms with E-state index >= 15 is 0 Å². The Hall–Kier alpha value is -4.13. The molecule has 0 aliphatic rings. The summed E-state index contributed by atoms with van der Waals surface area (Å²) in [5.74, 6) is -0.474. The van der Waals surface area contributed by atoms with E-state index in [0.717, 1.165) is 40.7 Å². The van der Waals surface area contributed by atoms with Crippen LogP contribution in [0.1, 0.15) is 48.2 Å². The third kappa shape index (κ3) is 5.61. The van der Waals surface area contributed by atoms with Gasteiger partial charge in [-0.2, -0.15) is 5.10 Å². The molecule has 7 nitrogen and oxygen atoms in total. The fourth-order valence-electron chi connectivity index (χ4n) is 3.73. The van der Waals surface area contributed by atoms with Gasteiger partial charge in [-0.1, -0.05) is 43.7 Å². The lowest BCUT2D eigenvalue weighted by atomic mass is 10.0. The van der Waals surface area contributed by atoms with Crippen LogP contribution in [0, 0.1) is 0 Å². The van der Waals surface area contributed by atoms with Crippen LogP contribution < -0.4 is 10.1 Å². The van der Waals surface area contributed by atoms with Gasteiger partial charge in [0.05, 0.1) is 17.6 Å². The molecule has 0 spiro atoms. The maximum absolute atomic E-state index is 12.2. The van der Waals surface area contributed by atoms with Crippen molar-refractivity contribution < 1.29 is 19.4 Å². The van der Waals surface area contributed by atoms with Crippen LogP contribution in [0.4, 0.5) is 0 Å². The van der Waals surface area contributed by atoms with Crippen molar-refractivity contribution in [3.63, 3.8) is 0 Å². The van der Waals surface area contributed by atoms with Gasteiger partial charge in [0, 0.05) is 23.7 Å². The number of amides is 1. The number of aromatic nitrogens is 2. The number of aliphatic carboxylic acids is 1. The van der Waals surface area contributed by atoms with E-state index in [4.69, 9.17) is 9.84 Å². The molecule has 1 aromatic heterocycles. The van der Waals surface area contributed by atoms with Crippen molar-refractivity contribution in [1.82, 2.24) is 15.1 Å². The highest BCUT2D eigenvalue weighted by molar-refractivity contribution is 5.94. The number of carbonyl (C=O) groups excluding carboxylic acids is 1. The predicted octanol–water partition coefficient (Wildman–Crippen LogP) is 5.15. The first-order valence-electron chi connectivity index (χ1n) is 11.3. The van der Waals surface area contributed by atoms with Crippen molar-refractivity contribution >= 4 is 22.8 Å². The van der Waals surface area contributed by atoms with Gasteiger partial charge in [0.1, 0.15) is 11.9 Å². The standard InChI is InChI=1S/C27H27N3O4/c1-2-5-25(19-8-10-20(11-9-19)27(33)28-17-16-26(31)32)34-23-14-12-22(13-15-23)30-18-21-6-3-4-7-24(21)29-30/h3-4,6-15,18,25H,2,5,16-17H2,1H3,(H,28,33)(H,31,32)/t25-/m0/s1. The zero-order valence-corrected chi connectivity index (χ0v) is 19.0.